The summed E-state index contributed by atoms with van der Waals surface area (Å²) in [6, 6.07) is 45.4. The van der Waals surface area contributed by atoms with Crippen molar-refractivity contribution in [3.05, 3.63) is 145 Å². The minimum atomic E-state index is 0.423. The number of hydrogen-bond acceptors (Lipinski definition) is 4. The molecular formula is C36H30N4. The van der Waals surface area contributed by atoms with Gasteiger partial charge in [-0.15, -0.1) is 0 Å². The van der Waals surface area contributed by atoms with Crippen molar-refractivity contribution >= 4 is 40.2 Å². The molecule has 0 aliphatic heterocycles. The molecule has 0 unspecified atom stereocenters. The zero-order chi connectivity index (χ0) is 27.9. The highest BCUT2D eigenvalue weighted by molar-refractivity contribution is 5.89. The predicted octanol–water partition coefficient (Wildman–Crippen LogP) is 9.18. The van der Waals surface area contributed by atoms with Crippen LogP contribution in [0.5, 0.6) is 0 Å². The lowest BCUT2D eigenvalue weighted by Crippen LogP contribution is -2.09. The smallest absolute Gasteiger partial charge is 0.0991 e. The van der Waals surface area contributed by atoms with Gasteiger partial charge in [-0.3, -0.25) is 4.99 Å². The summed E-state index contributed by atoms with van der Waals surface area (Å²) in [5, 5.41) is 9.46. The van der Waals surface area contributed by atoms with E-state index in [0.29, 0.717) is 5.57 Å². The molecule has 0 heterocycles. The van der Waals surface area contributed by atoms with Crippen LogP contribution in [0.1, 0.15) is 11.1 Å². The fraction of sp³-hybridized carbons (Fsp3) is 0.0556. The van der Waals surface area contributed by atoms with Crippen molar-refractivity contribution in [3.8, 4) is 17.2 Å². The van der Waals surface area contributed by atoms with Crippen molar-refractivity contribution in [2.45, 2.75) is 0 Å². The molecule has 0 amide bonds. The second-order valence-corrected chi connectivity index (χ2v) is 9.62. The highest BCUT2D eigenvalue weighted by atomic mass is 15.1. The lowest BCUT2D eigenvalue weighted by Gasteiger charge is -2.25. The highest BCUT2D eigenvalue weighted by Crippen LogP contribution is 2.38. The van der Waals surface area contributed by atoms with E-state index in [9.17, 15) is 5.26 Å². The van der Waals surface area contributed by atoms with Gasteiger partial charge in [-0.25, -0.2) is 0 Å². The van der Waals surface area contributed by atoms with Gasteiger partial charge in [-0.1, -0.05) is 73.3 Å². The van der Waals surface area contributed by atoms with E-state index in [2.05, 4.69) is 95.2 Å². The van der Waals surface area contributed by atoms with E-state index in [1.54, 1.807) is 0 Å². The van der Waals surface area contributed by atoms with Gasteiger partial charge in [0.25, 0.3) is 0 Å². The van der Waals surface area contributed by atoms with Crippen LogP contribution in [0.15, 0.2) is 139 Å². The maximum Gasteiger partial charge on any atom is 0.0991 e. The number of nitrogens with zero attached hydrogens (tertiary/aromatic N) is 4. The first-order valence-corrected chi connectivity index (χ1v) is 13.1. The fourth-order valence-corrected chi connectivity index (χ4v) is 4.53. The zero-order valence-electron chi connectivity index (χ0n) is 22.7. The van der Waals surface area contributed by atoms with Crippen LogP contribution in [0, 0.1) is 11.3 Å². The normalized spacial score (nSPS) is 10.7. The van der Waals surface area contributed by atoms with E-state index in [0.717, 1.165) is 50.7 Å². The molecular weight excluding hydrogens is 488 g/mol. The molecule has 5 aromatic rings. The van der Waals surface area contributed by atoms with Gasteiger partial charge >= 0.3 is 0 Å². The quantitative estimate of drug-likeness (QED) is 0.152. The van der Waals surface area contributed by atoms with Gasteiger partial charge in [-0.05, 0) is 77.4 Å². The van der Waals surface area contributed by atoms with E-state index in [1.165, 1.54) is 0 Å². The van der Waals surface area contributed by atoms with Crippen molar-refractivity contribution < 1.29 is 0 Å². The molecule has 0 aliphatic rings. The first-order valence-electron chi connectivity index (χ1n) is 13.1. The highest BCUT2D eigenvalue weighted by Gasteiger charge is 2.13. The van der Waals surface area contributed by atoms with Crippen molar-refractivity contribution in [1.82, 2.24) is 0 Å². The Hall–Kier alpha value is -5.40. The molecule has 0 saturated carbocycles. The van der Waals surface area contributed by atoms with Crippen molar-refractivity contribution in [2.24, 2.45) is 4.99 Å². The second-order valence-electron chi connectivity index (χ2n) is 9.62. The number of rotatable bonds is 8. The molecule has 0 aromatic heterocycles. The number of aliphatic imine (C=N–C) groups is 1. The van der Waals surface area contributed by atoms with E-state index in [-0.39, 0.29) is 0 Å². The average Bonchev–Trinajstić information content (AvgIpc) is 3.01. The van der Waals surface area contributed by atoms with Crippen LogP contribution in [0.25, 0.3) is 16.7 Å². The summed E-state index contributed by atoms with van der Waals surface area (Å²) in [5.74, 6) is 0. The molecule has 4 heteroatoms. The number of anilines is 4. The lowest BCUT2D eigenvalue weighted by atomic mass is 9.98. The predicted molar refractivity (Wildman–Crippen MR) is 169 cm³/mol. The number of benzene rings is 5. The van der Waals surface area contributed by atoms with Crippen molar-refractivity contribution in [2.75, 3.05) is 23.9 Å². The number of nitriles is 1. The van der Waals surface area contributed by atoms with E-state index >= 15 is 0 Å². The maximum absolute atomic E-state index is 9.46. The zero-order valence-corrected chi connectivity index (χ0v) is 22.7. The van der Waals surface area contributed by atoms with Crippen molar-refractivity contribution in [1.29, 1.82) is 5.26 Å². The number of allylic oxidation sites excluding steroid dienone is 1. The van der Waals surface area contributed by atoms with Crippen molar-refractivity contribution in [3.63, 3.8) is 0 Å². The third-order valence-corrected chi connectivity index (χ3v) is 6.71. The lowest BCUT2D eigenvalue weighted by molar-refractivity contribution is 1.13. The topological polar surface area (TPSA) is 42.6 Å². The van der Waals surface area contributed by atoms with Crippen LogP contribution in [-0.2, 0) is 0 Å². The number of para-hydroxylation sites is 2. The summed E-state index contributed by atoms with van der Waals surface area (Å²) in [5.41, 5.74) is 9.33. The average molecular weight is 519 g/mol. The van der Waals surface area contributed by atoms with Gasteiger partial charge in [0.15, 0.2) is 0 Å². The summed E-state index contributed by atoms with van der Waals surface area (Å²) >= 11 is 0. The minimum Gasteiger partial charge on any atom is -0.378 e. The number of hydrogen-bond donors (Lipinski definition) is 0. The summed E-state index contributed by atoms with van der Waals surface area (Å²) < 4.78 is 0. The Bertz CT molecular complexity index is 1620. The molecule has 0 fully saturated rings. The monoisotopic (exact) mass is 518 g/mol. The molecule has 0 radical (unpaired) electrons. The molecule has 0 N–H and O–H groups in total. The summed E-state index contributed by atoms with van der Waals surface area (Å²) in [6.07, 6.45) is 1.87. The Morgan fingerprint density at radius 2 is 1.25 bits per heavy atom. The van der Waals surface area contributed by atoms with Crippen LogP contribution in [0.2, 0.25) is 0 Å². The molecule has 0 atom stereocenters. The Labute approximate surface area is 236 Å². The van der Waals surface area contributed by atoms with Gasteiger partial charge in [0, 0.05) is 48.6 Å². The Morgan fingerprint density at radius 1 is 0.700 bits per heavy atom. The molecule has 0 spiro atoms. The Kier molecular flexibility index (Phi) is 7.85. The minimum absolute atomic E-state index is 0.423. The SMILES string of the molecule is C=C(C#N)c1ccc(N=Cc2ccc(N(C)C)cc2)c(-c2ccc(N(c3ccccc3)c3ccccc3)cc2)c1. The van der Waals surface area contributed by atoms with Gasteiger partial charge in [0.1, 0.15) is 0 Å². The second kappa shape index (κ2) is 12.0. The Morgan fingerprint density at radius 3 is 1.80 bits per heavy atom. The maximum atomic E-state index is 9.46. The van der Waals surface area contributed by atoms with E-state index in [1.807, 2.05) is 74.9 Å². The summed E-state index contributed by atoms with van der Waals surface area (Å²) in [4.78, 5) is 9.14. The molecule has 0 saturated heterocycles. The van der Waals surface area contributed by atoms with E-state index < -0.39 is 0 Å². The molecule has 40 heavy (non-hydrogen) atoms. The van der Waals surface area contributed by atoms with Crippen LogP contribution in [-0.4, -0.2) is 20.3 Å². The third kappa shape index (κ3) is 5.85. The third-order valence-electron chi connectivity index (χ3n) is 6.71. The fourth-order valence-electron chi connectivity index (χ4n) is 4.53. The first-order chi connectivity index (χ1) is 19.5. The Balaban J connectivity index is 1.53. The van der Waals surface area contributed by atoms with Crippen LogP contribution in [0.4, 0.5) is 28.4 Å². The van der Waals surface area contributed by atoms with Gasteiger partial charge < -0.3 is 9.80 Å². The van der Waals surface area contributed by atoms with Gasteiger partial charge in [-0.2, -0.15) is 5.26 Å². The van der Waals surface area contributed by atoms with Gasteiger partial charge in [0.05, 0.1) is 17.3 Å². The van der Waals surface area contributed by atoms with Crippen LogP contribution in [0.3, 0.4) is 0 Å². The van der Waals surface area contributed by atoms with Crippen LogP contribution >= 0.6 is 0 Å². The first kappa shape index (κ1) is 26.2. The molecule has 0 aliphatic carbocycles. The van der Waals surface area contributed by atoms with Crippen LogP contribution < -0.4 is 9.80 Å². The summed E-state index contributed by atoms with van der Waals surface area (Å²) in [6.45, 7) is 3.92. The standard InChI is InChI=1S/C36H30N4/c1-27(25-37)30-18-23-36(38-26-28-14-19-31(20-15-28)39(2)3)35(24-30)29-16-21-34(22-17-29)40(32-10-6-4-7-11-32)33-12-8-5-9-13-33/h4-24,26H,1H2,2-3H3. The van der Waals surface area contributed by atoms with Gasteiger partial charge in [0.2, 0.25) is 0 Å². The molecule has 5 aromatic carbocycles. The summed E-state index contributed by atoms with van der Waals surface area (Å²) in [7, 11) is 4.05. The molecule has 0 bridgehead atoms. The van der Waals surface area contributed by atoms with E-state index in [4.69, 9.17) is 4.99 Å². The molecule has 4 nitrogen and oxygen atoms in total. The largest absolute Gasteiger partial charge is 0.378 e. The molecule has 5 rings (SSSR count). The molecule has 194 valence electrons.